The molecule has 0 aliphatic carbocycles. The van der Waals surface area contributed by atoms with Crippen molar-refractivity contribution in [2.45, 2.75) is 69.1 Å². The molecule has 1 heterocycles. The van der Waals surface area contributed by atoms with Gasteiger partial charge in [0.25, 0.3) is 0 Å². The standard InChI is InChI=1S/C23H31ClN2O3/c1-4-12-23(29,13-5-2)17(3)25-20(27)10-14-22(15-11-21(28)26-22)16-18-6-8-19(24)9-7-18/h4-9,17,29H,1-2,10-16H2,3H3,(H,25,27)(H,26,28)/t17-,22-/m1/s1. The van der Waals surface area contributed by atoms with Crippen LogP contribution in [0.4, 0.5) is 0 Å². The predicted molar refractivity (Wildman–Crippen MR) is 117 cm³/mol. The molecule has 0 bridgehead atoms. The Morgan fingerprint density at radius 3 is 2.48 bits per heavy atom. The molecule has 0 aromatic heterocycles. The van der Waals surface area contributed by atoms with Gasteiger partial charge in [-0.3, -0.25) is 9.59 Å². The second-order valence-corrected chi connectivity index (χ2v) is 8.45. The lowest BCUT2D eigenvalue weighted by molar-refractivity contribution is -0.125. The summed E-state index contributed by atoms with van der Waals surface area (Å²) in [6, 6.07) is 7.10. The fourth-order valence-corrected chi connectivity index (χ4v) is 4.04. The molecule has 2 amide bonds. The molecule has 158 valence electrons. The molecule has 0 spiro atoms. The third-order valence-electron chi connectivity index (χ3n) is 5.70. The highest BCUT2D eigenvalue weighted by atomic mass is 35.5. The number of amides is 2. The van der Waals surface area contributed by atoms with Crippen molar-refractivity contribution < 1.29 is 14.7 Å². The zero-order valence-electron chi connectivity index (χ0n) is 17.0. The van der Waals surface area contributed by atoms with Gasteiger partial charge in [-0.2, -0.15) is 0 Å². The Kier molecular flexibility index (Phi) is 8.05. The summed E-state index contributed by atoms with van der Waals surface area (Å²) < 4.78 is 0. The normalized spacial score (nSPS) is 20.0. The third kappa shape index (κ3) is 6.44. The van der Waals surface area contributed by atoms with E-state index in [2.05, 4.69) is 23.8 Å². The zero-order valence-corrected chi connectivity index (χ0v) is 17.8. The van der Waals surface area contributed by atoms with Crippen molar-refractivity contribution in [3.63, 3.8) is 0 Å². The molecule has 3 N–H and O–H groups in total. The van der Waals surface area contributed by atoms with Gasteiger partial charge in [0, 0.05) is 23.4 Å². The average molecular weight is 419 g/mol. The number of benzene rings is 1. The van der Waals surface area contributed by atoms with Crippen LogP contribution in [-0.2, 0) is 16.0 Å². The van der Waals surface area contributed by atoms with Crippen LogP contribution in [0.5, 0.6) is 0 Å². The minimum absolute atomic E-state index is 0.0130. The summed E-state index contributed by atoms with van der Waals surface area (Å²) in [4.78, 5) is 24.5. The van der Waals surface area contributed by atoms with Crippen molar-refractivity contribution >= 4 is 23.4 Å². The molecule has 2 rings (SSSR count). The highest BCUT2D eigenvalue weighted by Crippen LogP contribution is 2.30. The van der Waals surface area contributed by atoms with Crippen molar-refractivity contribution in [2.24, 2.45) is 0 Å². The Balaban J connectivity index is 2.00. The second-order valence-electron chi connectivity index (χ2n) is 8.01. The Morgan fingerprint density at radius 2 is 1.97 bits per heavy atom. The summed E-state index contributed by atoms with van der Waals surface area (Å²) in [5.41, 5.74) is -0.483. The Morgan fingerprint density at radius 1 is 1.34 bits per heavy atom. The molecular formula is C23H31ClN2O3. The molecule has 1 aliphatic heterocycles. The Bertz CT molecular complexity index is 737. The third-order valence-corrected chi connectivity index (χ3v) is 5.95. The monoisotopic (exact) mass is 418 g/mol. The van der Waals surface area contributed by atoms with Crippen LogP contribution in [0.25, 0.3) is 0 Å². The van der Waals surface area contributed by atoms with E-state index in [0.717, 1.165) is 5.56 Å². The van der Waals surface area contributed by atoms with E-state index >= 15 is 0 Å². The molecule has 0 saturated carbocycles. The molecule has 29 heavy (non-hydrogen) atoms. The van der Waals surface area contributed by atoms with E-state index in [0.29, 0.717) is 43.5 Å². The second kappa shape index (κ2) is 10.1. The smallest absolute Gasteiger partial charge is 0.220 e. The number of carbonyl (C=O) groups is 2. The molecule has 1 saturated heterocycles. The number of hydrogen-bond acceptors (Lipinski definition) is 3. The lowest BCUT2D eigenvalue weighted by atomic mass is 9.84. The van der Waals surface area contributed by atoms with Crippen molar-refractivity contribution in [1.29, 1.82) is 0 Å². The summed E-state index contributed by atoms with van der Waals surface area (Å²) >= 11 is 5.96. The highest BCUT2D eigenvalue weighted by Gasteiger charge is 2.38. The van der Waals surface area contributed by atoms with Crippen LogP contribution in [-0.4, -0.2) is 34.1 Å². The van der Waals surface area contributed by atoms with Crippen LogP contribution in [0.15, 0.2) is 49.6 Å². The van der Waals surface area contributed by atoms with E-state index < -0.39 is 17.2 Å². The van der Waals surface area contributed by atoms with E-state index in [4.69, 9.17) is 11.6 Å². The van der Waals surface area contributed by atoms with Crippen molar-refractivity contribution in [1.82, 2.24) is 10.6 Å². The van der Waals surface area contributed by atoms with E-state index in [-0.39, 0.29) is 18.2 Å². The maximum atomic E-state index is 12.6. The van der Waals surface area contributed by atoms with Crippen LogP contribution in [0.2, 0.25) is 5.02 Å². The number of rotatable bonds is 11. The number of hydrogen-bond donors (Lipinski definition) is 3. The predicted octanol–water partition coefficient (Wildman–Crippen LogP) is 3.70. The van der Waals surface area contributed by atoms with Crippen LogP contribution < -0.4 is 10.6 Å². The van der Waals surface area contributed by atoms with Crippen LogP contribution in [0.1, 0.15) is 51.0 Å². The first-order valence-corrected chi connectivity index (χ1v) is 10.4. The van der Waals surface area contributed by atoms with Gasteiger partial charge in [-0.1, -0.05) is 35.9 Å². The molecule has 2 atom stereocenters. The SMILES string of the molecule is C=CCC(O)(CC=C)[C@@H](C)NC(=O)CC[C@]1(Cc2ccc(Cl)cc2)CCC(=O)N1. The molecule has 1 aromatic rings. The van der Waals surface area contributed by atoms with Gasteiger partial charge in [-0.25, -0.2) is 0 Å². The van der Waals surface area contributed by atoms with Crippen molar-refractivity contribution in [2.75, 3.05) is 0 Å². The quantitative estimate of drug-likeness (QED) is 0.479. The van der Waals surface area contributed by atoms with Gasteiger partial charge in [-0.15, -0.1) is 13.2 Å². The van der Waals surface area contributed by atoms with Crippen molar-refractivity contribution in [3.05, 3.63) is 60.2 Å². The maximum Gasteiger partial charge on any atom is 0.220 e. The van der Waals surface area contributed by atoms with Gasteiger partial charge in [-0.05, 0) is 56.7 Å². The van der Waals surface area contributed by atoms with Gasteiger partial charge in [0.1, 0.15) is 0 Å². The molecule has 0 radical (unpaired) electrons. The van der Waals surface area contributed by atoms with E-state index in [1.165, 1.54) is 0 Å². The summed E-state index contributed by atoms with van der Waals surface area (Å²) in [6.45, 7) is 9.15. The topological polar surface area (TPSA) is 78.4 Å². The maximum absolute atomic E-state index is 12.6. The largest absolute Gasteiger partial charge is 0.387 e. The summed E-state index contributed by atoms with van der Waals surface area (Å²) in [5.74, 6) is -0.139. The molecule has 5 nitrogen and oxygen atoms in total. The Hall–Kier alpha value is -2.11. The summed E-state index contributed by atoms with van der Waals surface area (Å²) in [5, 5.41) is 17.4. The van der Waals surface area contributed by atoms with Gasteiger partial charge in [0.2, 0.25) is 11.8 Å². The Labute approximate surface area is 178 Å². The molecule has 1 aromatic carbocycles. The summed E-state index contributed by atoms with van der Waals surface area (Å²) in [7, 11) is 0. The number of aliphatic hydroxyl groups is 1. The first-order chi connectivity index (χ1) is 13.7. The van der Waals surface area contributed by atoms with Crippen LogP contribution in [0.3, 0.4) is 0 Å². The lowest BCUT2D eigenvalue weighted by Gasteiger charge is -2.34. The zero-order chi connectivity index (χ0) is 21.5. The fraction of sp³-hybridized carbons (Fsp3) is 0.478. The first kappa shape index (κ1) is 23.2. The summed E-state index contributed by atoms with van der Waals surface area (Å²) in [6.07, 6.45) is 6.59. The van der Waals surface area contributed by atoms with E-state index in [1.807, 2.05) is 24.3 Å². The lowest BCUT2D eigenvalue weighted by Crippen LogP contribution is -2.51. The first-order valence-electron chi connectivity index (χ1n) is 10.0. The molecule has 1 aliphatic rings. The number of carbonyl (C=O) groups excluding carboxylic acids is 2. The van der Waals surface area contributed by atoms with Gasteiger partial charge < -0.3 is 15.7 Å². The van der Waals surface area contributed by atoms with Gasteiger partial charge >= 0.3 is 0 Å². The minimum Gasteiger partial charge on any atom is -0.387 e. The highest BCUT2D eigenvalue weighted by molar-refractivity contribution is 6.30. The molecule has 1 fully saturated rings. The average Bonchev–Trinajstić information content (AvgIpc) is 3.03. The molecular weight excluding hydrogens is 388 g/mol. The van der Waals surface area contributed by atoms with Gasteiger partial charge in [0.15, 0.2) is 0 Å². The van der Waals surface area contributed by atoms with E-state index in [9.17, 15) is 14.7 Å². The molecule has 0 unspecified atom stereocenters. The number of nitrogens with one attached hydrogen (secondary N) is 2. The van der Waals surface area contributed by atoms with Gasteiger partial charge in [0.05, 0.1) is 11.6 Å². The van der Waals surface area contributed by atoms with E-state index in [1.54, 1.807) is 19.1 Å². The minimum atomic E-state index is -1.11. The van der Waals surface area contributed by atoms with Crippen LogP contribution >= 0.6 is 11.6 Å². The number of halogens is 1. The molecule has 6 heteroatoms. The van der Waals surface area contributed by atoms with Crippen molar-refractivity contribution in [3.8, 4) is 0 Å². The fourth-order valence-electron chi connectivity index (χ4n) is 3.91. The van der Waals surface area contributed by atoms with Crippen LogP contribution in [0, 0.1) is 0 Å².